The lowest BCUT2D eigenvalue weighted by Crippen LogP contribution is -2.28. The van der Waals surface area contributed by atoms with Gasteiger partial charge in [0.05, 0.1) is 30.2 Å². The SMILES string of the molecule is COC(=O)c1cc(NC(=O)c2ccccc2N(C)C(=O)c2ccco2)cc(C)c1C. The Balaban J connectivity index is 1.91. The first-order valence-corrected chi connectivity index (χ1v) is 9.25. The van der Waals surface area contributed by atoms with Crippen molar-refractivity contribution in [2.45, 2.75) is 13.8 Å². The molecule has 30 heavy (non-hydrogen) atoms. The molecule has 0 saturated carbocycles. The van der Waals surface area contributed by atoms with Gasteiger partial charge in [-0.1, -0.05) is 12.1 Å². The predicted molar refractivity (Wildman–Crippen MR) is 113 cm³/mol. The highest BCUT2D eigenvalue weighted by molar-refractivity contribution is 6.13. The highest BCUT2D eigenvalue weighted by Crippen LogP contribution is 2.25. The number of hydrogen-bond donors (Lipinski definition) is 1. The number of ether oxygens (including phenoxy) is 1. The summed E-state index contributed by atoms with van der Waals surface area (Å²) < 4.78 is 9.99. The van der Waals surface area contributed by atoms with Gasteiger partial charge in [0, 0.05) is 12.7 Å². The maximum Gasteiger partial charge on any atom is 0.338 e. The van der Waals surface area contributed by atoms with Gasteiger partial charge in [0.1, 0.15) is 0 Å². The summed E-state index contributed by atoms with van der Waals surface area (Å²) in [6.07, 6.45) is 1.41. The van der Waals surface area contributed by atoms with Crippen LogP contribution in [0.5, 0.6) is 0 Å². The standard InChI is InChI=1S/C23H22N2O5/c1-14-12-16(13-18(15(14)2)23(28)29-4)24-21(26)17-8-5-6-9-19(17)25(3)22(27)20-10-7-11-30-20/h5-13H,1-4H3,(H,24,26). The van der Waals surface area contributed by atoms with Crippen LogP contribution < -0.4 is 10.2 Å². The molecule has 1 aromatic heterocycles. The minimum absolute atomic E-state index is 0.171. The Kier molecular flexibility index (Phi) is 6.01. The van der Waals surface area contributed by atoms with Gasteiger partial charge in [-0.05, 0) is 61.4 Å². The van der Waals surface area contributed by atoms with E-state index >= 15 is 0 Å². The van der Waals surface area contributed by atoms with Crippen molar-refractivity contribution in [3.05, 3.63) is 82.8 Å². The van der Waals surface area contributed by atoms with E-state index in [9.17, 15) is 14.4 Å². The van der Waals surface area contributed by atoms with Crippen molar-refractivity contribution in [3.8, 4) is 0 Å². The molecule has 0 aliphatic carbocycles. The molecule has 0 bridgehead atoms. The molecule has 2 amide bonds. The van der Waals surface area contributed by atoms with Crippen LogP contribution in [-0.4, -0.2) is 31.9 Å². The quantitative estimate of drug-likeness (QED) is 0.641. The Morgan fingerprint density at radius 2 is 1.73 bits per heavy atom. The fourth-order valence-electron chi connectivity index (χ4n) is 3.08. The highest BCUT2D eigenvalue weighted by atomic mass is 16.5. The maximum atomic E-state index is 13.0. The lowest BCUT2D eigenvalue weighted by molar-refractivity contribution is 0.0599. The van der Waals surface area contributed by atoms with Crippen LogP contribution in [0.1, 0.15) is 42.4 Å². The minimum atomic E-state index is -0.476. The molecule has 1 heterocycles. The van der Waals surface area contributed by atoms with Gasteiger partial charge in [-0.15, -0.1) is 0 Å². The van der Waals surface area contributed by atoms with E-state index < -0.39 is 11.9 Å². The first-order chi connectivity index (χ1) is 14.3. The minimum Gasteiger partial charge on any atom is -0.465 e. The summed E-state index contributed by atoms with van der Waals surface area (Å²) in [5.74, 6) is -1.09. The first-order valence-electron chi connectivity index (χ1n) is 9.25. The average molecular weight is 406 g/mol. The molecule has 0 saturated heterocycles. The number of esters is 1. The smallest absolute Gasteiger partial charge is 0.338 e. The Bertz CT molecular complexity index is 1100. The van der Waals surface area contributed by atoms with Crippen LogP contribution >= 0.6 is 0 Å². The second-order valence-corrected chi connectivity index (χ2v) is 6.77. The largest absolute Gasteiger partial charge is 0.465 e. The number of methoxy groups -OCH3 is 1. The summed E-state index contributed by atoms with van der Waals surface area (Å²) in [4.78, 5) is 39.0. The van der Waals surface area contributed by atoms with E-state index in [4.69, 9.17) is 9.15 Å². The maximum absolute atomic E-state index is 13.0. The molecule has 0 spiro atoms. The van der Waals surface area contributed by atoms with Gasteiger partial charge in [-0.2, -0.15) is 0 Å². The van der Waals surface area contributed by atoms with Crippen molar-refractivity contribution in [1.29, 1.82) is 0 Å². The van der Waals surface area contributed by atoms with E-state index in [0.717, 1.165) is 11.1 Å². The molecule has 0 radical (unpaired) electrons. The molecule has 0 atom stereocenters. The Morgan fingerprint density at radius 1 is 1.00 bits per heavy atom. The number of carbonyl (C=O) groups excluding carboxylic acids is 3. The monoisotopic (exact) mass is 406 g/mol. The van der Waals surface area contributed by atoms with E-state index in [1.54, 1.807) is 55.6 Å². The van der Waals surface area contributed by atoms with Gasteiger partial charge < -0.3 is 19.4 Å². The third kappa shape index (κ3) is 4.10. The van der Waals surface area contributed by atoms with Crippen LogP contribution in [0, 0.1) is 13.8 Å². The number of rotatable bonds is 5. The molecule has 7 nitrogen and oxygen atoms in total. The second-order valence-electron chi connectivity index (χ2n) is 6.77. The van der Waals surface area contributed by atoms with E-state index in [1.165, 1.54) is 18.3 Å². The van der Waals surface area contributed by atoms with Gasteiger partial charge in [-0.3, -0.25) is 9.59 Å². The molecule has 3 aromatic rings. The summed E-state index contributed by atoms with van der Waals surface area (Å²) in [6, 6.07) is 13.3. The van der Waals surface area contributed by atoms with Crippen molar-refractivity contribution in [2.24, 2.45) is 0 Å². The predicted octanol–water partition coefficient (Wildman–Crippen LogP) is 4.21. The Morgan fingerprint density at radius 3 is 2.40 bits per heavy atom. The van der Waals surface area contributed by atoms with Gasteiger partial charge in [-0.25, -0.2) is 4.79 Å². The summed E-state index contributed by atoms with van der Waals surface area (Å²) in [7, 11) is 2.88. The second kappa shape index (κ2) is 8.65. The summed E-state index contributed by atoms with van der Waals surface area (Å²) in [6.45, 7) is 3.67. The van der Waals surface area contributed by atoms with Crippen LogP contribution in [0.25, 0.3) is 0 Å². The molecule has 1 N–H and O–H groups in total. The number of carbonyl (C=O) groups is 3. The molecular formula is C23H22N2O5. The van der Waals surface area contributed by atoms with Crippen molar-refractivity contribution in [3.63, 3.8) is 0 Å². The van der Waals surface area contributed by atoms with Crippen LogP contribution in [0.3, 0.4) is 0 Å². The third-order valence-corrected chi connectivity index (χ3v) is 4.88. The number of benzene rings is 2. The van der Waals surface area contributed by atoms with Crippen molar-refractivity contribution < 1.29 is 23.5 Å². The van der Waals surface area contributed by atoms with Crippen molar-refractivity contribution in [1.82, 2.24) is 0 Å². The number of hydrogen-bond acceptors (Lipinski definition) is 5. The Labute approximate surface area is 174 Å². The van der Waals surface area contributed by atoms with E-state index in [0.29, 0.717) is 22.5 Å². The summed E-state index contributed by atoms with van der Waals surface area (Å²) in [5, 5.41) is 2.81. The van der Waals surface area contributed by atoms with Gasteiger partial charge >= 0.3 is 5.97 Å². The van der Waals surface area contributed by atoms with E-state index in [2.05, 4.69) is 5.32 Å². The van der Waals surface area contributed by atoms with Gasteiger partial charge in [0.25, 0.3) is 11.8 Å². The number of para-hydroxylation sites is 1. The molecule has 0 fully saturated rings. The molecule has 0 aliphatic heterocycles. The van der Waals surface area contributed by atoms with Crippen LogP contribution in [0.2, 0.25) is 0 Å². The molecule has 0 unspecified atom stereocenters. The van der Waals surface area contributed by atoms with Crippen molar-refractivity contribution >= 4 is 29.2 Å². The van der Waals surface area contributed by atoms with Crippen LogP contribution in [0.15, 0.2) is 59.2 Å². The first kappa shape index (κ1) is 20.9. The van der Waals surface area contributed by atoms with Crippen LogP contribution in [-0.2, 0) is 4.74 Å². The number of nitrogens with one attached hydrogen (secondary N) is 1. The van der Waals surface area contributed by atoms with Crippen LogP contribution in [0.4, 0.5) is 11.4 Å². The van der Waals surface area contributed by atoms with Crippen molar-refractivity contribution in [2.75, 3.05) is 24.4 Å². The van der Waals surface area contributed by atoms with E-state index in [1.807, 2.05) is 13.8 Å². The Hall–Kier alpha value is -3.87. The lowest BCUT2D eigenvalue weighted by atomic mass is 10.0. The molecule has 154 valence electrons. The zero-order valence-corrected chi connectivity index (χ0v) is 17.2. The molecule has 2 aromatic carbocycles. The molecular weight excluding hydrogens is 384 g/mol. The number of anilines is 2. The number of aryl methyl sites for hydroxylation is 1. The average Bonchev–Trinajstić information content (AvgIpc) is 3.29. The van der Waals surface area contributed by atoms with Gasteiger partial charge in [0.15, 0.2) is 5.76 Å². The number of amides is 2. The lowest BCUT2D eigenvalue weighted by Gasteiger charge is -2.19. The summed E-state index contributed by atoms with van der Waals surface area (Å²) in [5.41, 5.74) is 3.19. The highest BCUT2D eigenvalue weighted by Gasteiger charge is 2.22. The zero-order chi connectivity index (χ0) is 21.8. The van der Waals surface area contributed by atoms with E-state index in [-0.39, 0.29) is 11.7 Å². The fourth-order valence-corrected chi connectivity index (χ4v) is 3.08. The topological polar surface area (TPSA) is 88.9 Å². The normalized spacial score (nSPS) is 10.4. The number of nitrogens with zero attached hydrogens (tertiary/aromatic N) is 1. The third-order valence-electron chi connectivity index (χ3n) is 4.88. The molecule has 0 aliphatic rings. The summed E-state index contributed by atoms with van der Waals surface area (Å²) >= 11 is 0. The van der Waals surface area contributed by atoms with Gasteiger partial charge in [0.2, 0.25) is 0 Å². The fraction of sp³-hybridized carbons (Fsp3) is 0.174. The molecule has 3 rings (SSSR count). The molecule has 7 heteroatoms. The zero-order valence-electron chi connectivity index (χ0n) is 17.2. The number of furan rings is 1.